The lowest BCUT2D eigenvalue weighted by Gasteiger charge is -2.59. The third kappa shape index (κ3) is 2.76. The van der Waals surface area contributed by atoms with Crippen LogP contribution < -0.4 is 0 Å². The number of rotatable bonds is 3. The summed E-state index contributed by atoms with van der Waals surface area (Å²) in [6.07, 6.45) is 10.1. The van der Waals surface area contributed by atoms with Gasteiger partial charge < -0.3 is 9.53 Å². The Bertz CT molecular complexity index is 863. The minimum Gasteiger partial charge on any atom is -0.481 e. The molecule has 164 valence electrons. The Labute approximate surface area is 186 Å². The van der Waals surface area contributed by atoms with E-state index in [4.69, 9.17) is 21.3 Å². The molecular formula is C24H34ClNO3Si. The van der Waals surface area contributed by atoms with Crippen LogP contribution in [0.3, 0.4) is 0 Å². The Hall–Kier alpha value is -1.09. The molecule has 1 N–H and O–H groups in total. The normalized spacial score (nSPS) is 44.3. The van der Waals surface area contributed by atoms with Gasteiger partial charge in [0, 0.05) is 11.8 Å². The van der Waals surface area contributed by atoms with Crippen molar-refractivity contribution in [2.45, 2.75) is 82.5 Å². The van der Waals surface area contributed by atoms with Crippen LogP contribution in [0.1, 0.15) is 58.8 Å². The van der Waals surface area contributed by atoms with Crippen LogP contribution >= 0.6 is 11.6 Å². The van der Waals surface area contributed by atoms with Crippen LogP contribution in [-0.2, 0) is 9.22 Å². The first-order valence-electron chi connectivity index (χ1n) is 11.3. The SMILES string of the molecule is C=C1CC2C3CCC4=CC(=O)CC[C@]4(C)C3CC[C@]2(C)[C@]1(O)[C@H](Cl)[Si](C)(C)OC#N. The van der Waals surface area contributed by atoms with Crippen LogP contribution in [0.25, 0.3) is 0 Å². The summed E-state index contributed by atoms with van der Waals surface area (Å²) < 4.78 is 5.42. The van der Waals surface area contributed by atoms with Gasteiger partial charge in [0.1, 0.15) is 5.60 Å². The lowest BCUT2D eigenvalue weighted by molar-refractivity contribution is -0.122. The number of alkyl halides is 1. The smallest absolute Gasteiger partial charge is 0.282 e. The van der Waals surface area contributed by atoms with Crippen LogP contribution in [0.5, 0.6) is 0 Å². The molecular weight excluding hydrogens is 414 g/mol. The Kier molecular flexibility index (Phi) is 5.12. The standard InChI is InChI=1S/C24H34ClNO3Si/c1-15-12-20-18-7-6-16-13-17(27)8-10-22(16,2)19(18)9-11-23(20,3)24(15,28)21(25)30(4,5)29-14-26/h13,18-21,28H,1,6-12H2,2-5H3/t18?,19?,20?,21-,22+,23+,24-/m1/s1. The van der Waals surface area contributed by atoms with Gasteiger partial charge in [-0.25, -0.2) is 0 Å². The van der Waals surface area contributed by atoms with E-state index in [9.17, 15) is 9.90 Å². The van der Waals surface area contributed by atoms with Crippen LogP contribution in [0.15, 0.2) is 23.8 Å². The van der Waals surface area contributed by atoms with E-state index >= 15 is 0 Å². The van der Waals surface area contributed by atoms with E-state index in [1.165, 1.54) is 5.57 Å². The van der Waals surface area contributed by atoms with Gasteiger partial charge in [0.15, 0.2) is 5.78 Å². The molecule has 0 amide bonds. The highest BCUT2D eigenvalue weighted by molar-refractivity contribution is 6.80. The molecule has 7 atom stereocenters. The van der Waals surface area contributed by atoms with Gasteiger partial charge in [-0.05, 0) is 86.4 Å². The molecule has 4 nitrogen and oxygen atoms in total. The molecule has 0 heterocycles. The number of hydrogen-bond donors (Lipinski definition) is 1. The maximum atomic E-state index is 12.1. The predicted octanol–water partition coefficient (Wildman–Crippen LogP) is 5.26. The van der Waals surface area contributed by atoms with Gasteiger partial charge in [0.2, 0.25) is 0 Å². The number of nitrogens with zero attached hydrogens (tertiary/aromatic N) is 1. The molecule has 0 radical (unpaired) electrons. The minimum absolute atomic E-state index is 0.0957. The van der Waals surface area contributed by atoms with E-state index in [-0.39, 0.29) is 16.6 Å². The zero-order valence-electron chi connectivity index (χ0n) is 18.6. The first kappa shape index (κ1) is 22.1. The van der Waals surface area contributed by atoms with Gasteiger partial charge in [-0.2, -0.15) is 5.26 Å². The maximum absolute atomic E-state index is 12.1. The summed E-state index contributed by atoms with van der Waals surface area (Å²) in [5.41, 5.74) is 0.655. The van der Waals surface area contributed by atoms with Crippen molar-refractivity contribution in [1.29, 1.82) is 5.26 Å². The topological polar surface area (TPSA) is 70.3 Å². The molecule has 3 saturated carbocycles. The molecule has 4 rings (SSSR count). The van der Waals surface area contributed by atoms with Crippen molar-refractivity contribution in [3.05, 3.63) is 23.8 Å². The molecule has 0 saturated heterocycles. The number of halogens is 1. The van der Waals surface area contributed by atoms with E-state index in [1.807, 2.05) is 25.4 Å². The summed E-state index contributed by atoms with van der Waals surface area (Å²) >= 11 is 6.96. The van der Waals surface area contributed by atoms with Crippen molar-refractivity contribution in [2.24, 2.45) is 28.6 Å². The third-order valence-electron chi connectivity index (χ3n) is 9.51. The Balaban J connectivity index is 1.70. The van der Waals surface area contributed by atoms with Gasteiger partial charge in [-0.1, -0.05) is 26.0 Å². The molecule has 0 bridgehead atoms. The number of nitriles is 1. The van der Waals surface area contributed by atoms with E-state index in [0.29, 0.717) is 24.2 Å². The molecule has 3 fully saturated rings. The van der Waals surface area contributed by atoms with E-state index in [0.717, 1.165) is 44.1 Å². The molecule has 0 aromatic heterocycles. The summed E-state index contributed by atoms with van der Waals surface area (Å²) in [4.78, 5) is 12.0. The van der Waals surface area contributed by atoms with Gasteiger partial charge in [-0.15, -0.1) is 11.6 Å². The molecule has 3 unspecified atom stereocenters. The number of carbonyl (C=O) groups excluding carboxylic acids is 1. The first-order chi connectivity index (χ1) is 13.9. The number of hydrogen-bond acceptors (Lipinski definition) is 4. The van der Waals surface area contributed by atoms with Crippen molar-refractivity contribution in [3.63, 3.8) is 0 Å². The summed E-state index contributed by atoms with van der Waals surface area (Å²) in [5, 5.41) is 20.6. The highest BCUT2D eigenvalue weighted by Gasteiger charge is 2.69. The maximum Gasteiger partial charge on any atom is 0.282 e. The second-order valence-corrected chi connectivity index (χ2v) is 15.9. The van der Waals surface area contributed by atoms with Crippen LogP contribution in [0.4, 0.5) is 0 Å². The van der Waals surface area contributed by atoms with E-state index in [2.05, 4.69) is 20.4 Å². The fraction of sp³-hybridized carbons (Fsp3) is 0.750. The van der Waals surface area contributed by atoms with Crippen LogP contribution in [-0.4, -0.2) is 29.8 Å². The zero-order chi connectivity index (χ0) is 22.1. The second kappa shape index (κ2) is 6.95. The second-order valence-electron chi connectivity index (χ2n) is 11.2. The molecule has 4 aliphatic carbocycles. The quantitative estimate of drug-likeness (QED) is 0.277. The van der Waals surface area contributed by atoms with Gasteiger partial charge in [0.25, 0.3) is 14.6 Å². The van der Waals surface area contributed by atoms with Crippen LogP contribution in [0, 0.1) is 40.1 Å². The molecule has 6 heteroatoms. The predicted molar refractivity (Wildman–Crippen MR) is 120 cm³/mol. The first-order valence-corrected chi connectivity index (χ1v) is 14.7. The summed E-state index contributed by atoms with van der Waals surface area (Å²) in [6, 6.07) is 0. The Morgan fingerprint density at radius 2 is 2.00 bits per heavy atom. The van der Waals surface area contributed by atoms with E-state index < -0.39 is 18.9 Å². The minimum atomic E-state index is -2.66. The Morgan fingerprint density at radius 1 is 1.30 bits per heavy atom. The summed E-state index contributed by atoms with van der Waals surface area (Å²) in [6.45, 7) is 12.7. The van der Waals surface area contributed by atoms with Crippen molar-refractivity contribution >= 4 is 25.7 Å². The average molecular weight is 448 g/mol. The van der Waals surface area contributed by atoms with Gasteiger partial charge in [-0.3, -0.25) is 4.79 Å². The zero-order valence-corrected chi connectivity index (χ0v) is 20.4. The highest BCUT2D eigenvalue weighted by atomic mass is 35.5. The summed E-state index contributed by atoms with van der Waals surface area (Å²) in [5.74, 6) is 1.63. The average Bonchev–Trinajstić information content (AvgIpc) is 2.89. The summed E-state index contributed by atoms with van der Waals surface area (Å²) in [7, 11) is -2.66. The van der Waals surface area contributed by atoms with Crippen molar-refractivity contribution < 1.29 is 14.3 Å². The molecule has 30 heavy (non-hydrogen) atoms. The lowest BCUT2D eigenvalue weighted by Crippen LogP contribution is -2.63. The monoisotopic (exact) mass is 447 g/mol. The van der Waals surface area contributed by atoms with Crippen molar-refractivity contribution in [3.8, 4) is 6.26 Å². The van der Waals surface area contributed by atoms with Crippen molar-refractivity contribution in [2.75, 3.05) is 0 Å². The molecule has 0 aliphatic heterocycles. The third-order valence-corrected chi connectivity index (χ3v) is 13.7. The van der Waals surface area contributed by atoms with Crippen LogP contribution in [0.2, 0.25) is 13.1 Å². The number of allylic oxidation sites excluding steroid dienone is 1. The largest absolute Gasteiger partial charge is 0.481 e. The molecule has 0 spiro atoms. The highest BCUT2D eigenvalue weighted by Crippen LogP contribution is 2.69. The Morgan fingerprint density at radius 3 is 2.67 bits per heavy atom. The van der Waals surface area contributed by atoms with Crippen molar-refractivity contribution in [1.82, 2.24) is 0 Å². The van der Waals surface area contributed by atoms with Gasteiger partial charge in [0.05, 0.1) is 5.00 Å². The van der Waals surface area contributed by atoms with E-state index in [1.54, 1.807) is 0 Å². The fourth-order valence-electron chi connectivity index (χ4n) is 7.70. The number of carbonyl (C=O) groups is 1. The number of ketones is 1. The number of aliphatic hydroxyl groups is 1. The molecule has 0 aromatic rings. The lowest BCUT2D eigenvalue weighted by atomic mass is 9.46. The fourth-order valence-corrected chi connectivity index (χ4v) is 10.1. The number of fused-ring (bicyclic) bond motifs is 5. The molecule has 4 aliphatic rings. The van der Waals surface area contributed by atoms with Gasteiger partial charge >= 0.3 is 0 Å². The molecule has 0 aromatic carbocycles.